The van der Waals surface area contributed by atoms with Gasteiger partial charge in [-0.25, -0.2) is 8.42 Å². The molecule has 1 rings (SSSR count). The van der Waals surface area contributed by atoms with Gasteiger partial charge in [-0.2, -0.15) is 4.72 Å². The molecule has 6 nitrogen and oxygen atoms in total. The molecule has 0 aromatic rings. The van der Waals surface area contributed by atoms with Crippen LogP contribution < -0.4 is 4.72 Å². The molecule has 15 heavy (non-hydrogen) atoms. The lowest BCUT2D eigenvalue weighted by atomic mass is 10.2. The van der Waals surface area contributed by atoms with Crippen molar-refractivity contribution < 1.29 is 23.4 Å². The molecule has 0 radical (unpaired) electrons. The molecule has 1 fully saturated rings. The minimum absolute atomic E-state index is 0.0521. The fraction of sp³-hybridized carbons (Fsp3) is 0.875. The number of aliphatic hydroxyl groups is 1. The van der Waals surface area contributed by atoms with Gasteiger partial charge in [0.25, 0.3) is 0 Å². The number of hydrogen-bond donors (Lipinski definition) is 3. The lowest BCUT2D eigenvalue weighted by Gasteiger charge is -2.16. The van der Waals surface area contributed by atoms with E-state index >= 15 is 0 Å². The van der Waals surface area contributed by atoms with Crippen molar-refractivity contribution in [1.82, 2.24) is 4.72 Å². The molecular formula is C8H15NO5S. The predicted octanol–water partition coefficient (Wildman–Crippen LogP) is -0.850. The van der Waals surface area contributed by atoms with Crippen molar-refractivity contribution in [1.29, 1.82) is 0 Å². The molecule has 7 heteroatoms. The van der Waals surface area contributed by atoms with E-state index < -0.39 is 28.1 Å². The fourth-order valence-corrected chi connectivity index (χ4v) is 2.93. The zero-order valence-electron chi connectivity index (χ0n) is 8.38. The average molecular weight is 237 g/mol. The number of carbonyl (C=O) groups is 1. The summed E-state index contributed by atoms with van der Waals surface area (Å²) in [7, 11) is -3.60. The summed E-state index contributed by atoms with van der Waals surface area (Å²) in [5.74, 6) is -1.28. The van der Waals surface area contributed by atoms with Crippen LogP contribution in [-0.2, 0) is 14.8 Å². The molecular weight excluding hydrogens is 222 g/mol. The van der Waals surface area contributed by atoms with E-state index in [4.69, 9.17) is 10.2 Å². The molecule has 2 unspecified atom stereocenters. The molecule has 0 heterocycles. The fourth-order valence-electron chi connectivity index (χ4n) is 1.19. The van der Waals surface area contributed by atoms with Crippen LogP contribution >= 0.6 is 0 Å². The minimum Gasteiger partial charge on any atom is -0.480 e. The molecule has 0 amide bonds. The summed E-state index contributed by atoms with van der Waals surface area (Å²) in [6, 6.07) is -1.46. The summed E-state index contributed by atoms with van der Waals surface area (Å²) in [6.45, 7) is 1.23. The van der Waals surface area contributed by atoms with Crippen LogP contribution in [0.3, 0.4) is 0 Å². The van der Waals surface area contributed by atoms with E-state index in [1.54, 1.807) is 0 Å². The van der Waals surface area contributed by atoms with Crippen molar-refractivity contribution in [3.05, 3.63) is 0 Å². The van der Waals surface area contributed by atoms with Gasteiger partial charge in [-0.15, -0.1) is 0 Å². The molecule has 0 saturated heterocycles. The number of aliphatic carboxylic acids is 1. The van der Waals surface area contributed by atoms with Gasteiger partial charge in [-0.1, -0.05) is 0 Å². The molecule has 0 aromatic heterocycles. The normalized spacial score (nSPS) is 20.9. The number of carboxylic acid groups (broad SMARTS) is 1. The summed E-state index contributed by atoms with van der Waals surface area (Å²) in [4.78, 5) is 10.6. The molecule has 2 atom stereocenters. The summed E-state index contributed by atoms with van der Waals surface area (Å²) in [6.07, 6.45) is 0.483. The highest BCUT2D eigenvalue weighted by molar-refractivity contribution is 7.89. The summed E-state index contributed by atoms with van der Waals surface area (Å²) in [5.41, 5.74) is 0. The smallest absolute Gasteiger partial charge is 0.324 e. The van der Waals surface area contributed by atoms with Gasteiger partial charge in [-0.3, -0.25) is 4.79 Å². The Morgan fingerprint density at radius 1 is 1.53 bits per heavy atom. The quantitative estimate of drug-likeness (QED) is 0.558. The maximum atomic E-state index is 11.4. The van der Waals surface area contributed by atoms with Crippen LogP contribution in [0, 0.1) is 5.92 Å². The monoisotopic (exact) mass is 237 g/mol. The number of rotatable bonds is 6. The first-order chi connectivity index (χ1) is 6.82. The van der Waals surface area contributed by atoms with Crippen LogP contribution in [0.1, 0.15) is 19.8 Å². The largest absolute Gasteiger partial charge is 0.480 e. The van der Waals surface area contributed by atoms with Crippen LogP contribution in [0.5, 0.6) is 0 Å². The van der Waals surface area contributed by atoms with Gasteiger partial charge in [-0.05, 0) is 25.7 Å². The van der Waals surface area contributed by atoms with Crippen molar-refractivity contribution in [2.75, 3.05) is 5.75 Å². The molecule has 1 aliphatic carbocycles. The van der Waals surface area contributed by atoms with Gasteiger partial charge in [0.1, 0.15) is 6.04 Å². The predicted molar refractivity (Wildman–Crippen MR) is 52.8 cm³/mol. The molecule has 0 aromatic carbocycles. The number of nitrogens with one attached hydrogen (secondary N) is 1. The van der Waals surface area contributed by atoms with E-state index in [-0.39, 0.29) is 11.7 Å². The van der Waals surface area contributed by atoms with Gasteiger partial charge in [0.2, 0.25) is 10.0 Å². The lowest BCUT2D eigenvalue weighted by molar-refractivity contribution is -0.141. The van der Waals surface area contributed by atoms with Gasteiger partial charge in [0.05, 0.1) is 11.9 Å². The highest BCUT2D eigenvalue weighted by atomic mass is 32.2. The Morgan fingerprint density at radius 2 is 2.07 bits per heavy atom. The minimum atomic E-state index is -3.60. The third kappa shape index (κ3) is 4.15. The first-order valence-corrected chi connectivity index (χ1v) is 6.38. The number of hydrogen-bond acceptors (Lipinski definition) is 4. The molecule has 88 valence electrons. The third-order valence-electron chi connectivity index (χ3n) is 2.21. The van der Waals surface area contributed by atoms with Crippen LogP contribution in [-0.4, -0.2) is 42.5 Å². The Labute approximate surface area is 88.3 Å². The Hall–Kier alpha value is -0.660. The topological polar surface area (TPSA) is 104 Å². The zero-order chi connectivity index (χ0) is 11.6. The van der Waals surface area contributed by atoms with E-state index in [9.17, 15) is 13.2 Å². The van der Waals surface area contributed by atoms with Crippen LogP contribution in [0.25, 0.3) is 0 Å². The molecule has 1 saturated carbocycles. The highest BCUT2D eigenvalue weighted by Crippen LogP contribution is 2.30. The second-order valence-corrected chi connectivity index (χ2v) is 5.70. The Morgan fingerprint density at radius 3 is 2.40 bits per heavy atom. The SMILES string of the molecule is CC(O)C(NS(=O)(=O)CC1CC1)C(=O)O. The van der Waals surface area contributed by atoms with Gasteiger partial charge < -0.3 is 10.2 Å². The Bertz CT molecular complexity index is 333. The van der Waals surface area contributed by atoms with Crippen molar-refractivity contribution in [2.24, 2.45) is 5.92 Å². The van der Waals surface area contributed by atoms with Crippen LogP contribution in [0.15, 0.2) is 0 Å². The Kier molecular flexibility index (Phi) is 3.69. The average Bonchev–Trinajstić information content (AvgIpc) is 2.82. The van der Waals surface area contributed by atoms with E-state index in [1.165, 1.54) is 6.92 Å². The van der Waals surface area contributed by atoms with Gasteiger partial charge in [0, 0.05) is 0 Å². The molecule has 3 N–H and O–H groups in total. The standard InChI is InChI=1S/C8H15NO5S/c1-5(10)7(8(11)12)9-15(13,14)4-6-2-3-6/h5-7,9-10H,2-4H2,1H3,(H,11,12). The zero-order valence-corrected chi connectivity index (χ0v) is 9.20. The number of sulfonamides is 1. The van der Waals surface area contributed by atoms with E-state index in [2.05, 4.69) is 0 Å². The first-order valence-electron chi connectivity index (χ1n) is 4.72. The van der Waals surface area contributed by atoms with Crippen molar-refractivity contribution in [2.45, 2.75) is 31.9 Å². The second-order valence-electron chi connectivity index (χ2n) is 3.90. The van der Waals surface area contributed by atoms with E-state index in [1.807, 2.05) is 4.72 Å². The number of aliphatic hydroxyl groups excluding tert-OH is 1. The van der Waals surface area contributed by atoms with E-state index in [0.29, 0.717) is 0 Å². The summed E-state index contributed by atoms with van der Waals surface area (Å²) in [5, 5.41) is 17.8. The summed E-state index contributed by atoms with van der Waals surface area (Å²) < 4.78 is 24.8. The summed E-state index contributed by atoms with van der Waals surface area (Å²) >= 11 is 0. The van der Waals surface area contributed by atoms with Crippen molar-refractivity contribution in [3.8, 4) is 0 Å². The van der Waals surface area contributed by atoms with Crippen LogP contribution in [0.2, 0.25) is 0 Å². The van der Waals surface area contributed by atoms with Gasteiger partial charge >= 0.3 is 5.97 Å². The molecule has 0 aliphatic heterocycles. The number of carboxylic acids is 1. The van der Waals surface area contributed by atoms with Gasteiger partial charge in [0.15, 0.2) is 0 Å². The lowest BCUT2D eigenvalue weighted by Crippen LogP contribution is -2.48. The molecule has 0 bridgehead atoms. The highest BCUT2D eigenvalue weighted by Gasteiger charge is 2.32. The first kappa shape index (κ1) is 12.4. The third-order valence-corrected chi connectivity index (χ3v) is 3.73. The molecule has 0 spiro atoms. The Balaban J connectivity index is 2.59. The van der Waals surface area contributed by atoms with Crippen LogP contribution in [0.4, 0.5) is 0 Å². The van der Waals surface area contributed by atoms with E-state index in [0.717, 1.165) is 12.8 Å². The maximum Gasteiger partial charge on any atom is 0.324 e. The van der Waals surface area contributed by atoms with Crippen molar-refractivity contribution >= 4 is 16.0 Å². The maximum absolute atomic E-state index is 11.4. The van der Waals surface area contributed by atoms with Crippen molar-refractivity contribution in [3.63, 3.8) is 0 Å². The molecule has 1 aliphatic rings. The second kappa shape index (κ2) is 4.46.